The molecular formula is C9H11NO2. The van der Waals surface area contributed by atoms with Gasteiger partial charge in [-0.2, -0.15) is 0 Å². The fourth-order valence-electron chi connectivity index (χ4n) is 1.71. The molecule has 2 N–H and O–H groups in total. The highest BCUT2D eigenvalue weighted by atomic mass is 16.3. The molecule has 0 aromatic rings. The minimum absolute atomic E-state index is 0.0741. The Bertz CT molecular complexity index is 289. The van der Waals surface area contributed by atoms with Crippen molar-refractivity contribution < 1.29 is 9.90 Å². The first-order valence-corrected chi connectivity index (χ1v) is 4.03. The van der Waals surface area contributed by atoms with E-state index in [4.69, 9.17) is 0 Å². The van der Waals surface area contributed by atoms with Crippen LogP contribution >= 0.6 is 0 Å². The molecule has 0 spiro atoms. The summed E-state index contributed by atoms with van der Waals surface area (Å²) >= 11 is 0. The number of carbonyl (C=O) groups excluding carboxylic acids is 1. The number of allylic oxidation sites excluding steroid dienone is 3. The van der Waals surface area contributed by atoms with E-state index < -0.39 is 5.60 Å². The number of carbonyl (C=O) groups is 1. The summed E-state index contributed by atoms with van der Waals surface area (Å²) < 4.78 is 0. The van der Waals surface area contributed by atoms with Gasteiger partial charge in [-0.25, -0.2) is 0 Å². The van der Waals surface area contributed by atoms with Crippen molar-refractivity contribution in [2.75, 3.05) is 0 Å². The van der Waals surface area contributed by atoms with E-state index in [1.165, 1.54) is 0 Å². The molecule has 1 aliphatic carbocycles. The van der Waals surface area contributed by atoms with Gasteiger partial charge in [-0.15, -0.1) is 0 Å². The Morgan fingerprint density at radius 2 is 2.50 bits per heavy atom. The fraction of sp³-hybridized carbons (Fsp3) is 0.444. The van der Waals surface area contributed by atoms with E-state index in [2.05, 4.69) is 5.32 Å². The van der Waals surface area contributed by atoms with Gasteiger partial charge in [-0.1, -0.05) is 12.2 Å². The van der Waals surface area contributed by atoms with Crippen molar-refractivity contribution in [3.8, 4) is 0 Å². The molecule has 2 atom stereocenters. The van der Waals surface area contributed by atoms with Crippen molar-refractivity contribution in [1.82, 2.24) is 5.32 Å². The molecule has 1 heterocycles. The SMILES string of the molecule is CC1(O)C(=O)NC2=CC=CCC21. The van der Waals surface area contributed by atoms with Crippen LogP contribution in [0.3, 0.4) is 0 Å². The molecule has 0 radical (unpaired) electrons. The second-order valence-electron chi connectivity index (χ2n) is 3.44. The van der Waals surface area contributed by atoms with Crippen molar-refractivity contribution >= 4 is 5.91 Å². The summed E-state index contributed by atoms with van der Waals surface area (Å²) in [7, 11) is 0. The van der Waals surface area contributed by atoms with Crippen molar-refractivity contribution in [3.05, 3.63) is 23.9 Å². The van der Waals surface area contributed by atoms with Gasteiger partial charge in [0.25, 0.3) is 5.91 Å². The van der Waals surface area contributed by atoms with E-state index in [0.29, 0.717) is 0 Å². The van der Waals surface area contributed by atoms with Gasteiger partial charge in [-0.3, -0.25) is 4.79 Å². The molecule has 0 aromatic carbocycles. The van der Waals surface area contributed by atoms with E-state index in [1.54, 1.807) is 6.92 Å². The molecule has 0 saturated carbocycles. The molecule has 0 bridgehead atoms. The van der Waals surface area contributed by atoms with Crippen molar-refractivity contribution in [1.29, 1.82) is 0 Å². The summed E-state index contributed by atoms with van der Waals surface area (Å²) in [5.74, 6) is -0.363. The van der Waals surface area contributed by atoms with E-state index in [1.807, 2.05) is 18.2 Å². The number of hydrogen-bond acceptors (Lipinski definition) is 2. The number of hydrogen-bond donors (Lipinski definition) is 2. The minimum atomic E-state index is -1.23. The Morgan fingerprint density at radius 3 is 3.17 bits per heavy atom. The standard InChI is InChI=1S/C9H11NO2/c1-9(12)6-4-2-3-5-7(6)10-8(9)11/h2-3,5-6,12H,4H2,1H3,(H,10,11). The molecule has 1 saturated heterocycles. The largest absolute Gasteiger partial charge is 0.380 e. The van der Waals surface area contributed by atoms with Gasteiger partial charge in [0.1, 0.15) is 5.60 Å². The highest BCUT2D eigenvalue weighted by molar-refractivity contribution is 5.90. The molecule has 1 fully saturated rings. The molecule has 0 aromatic heterocycles. The second-order valence-corrected chi connectivity index (χ2v) is 3.44. The highest BCUT2D eigenvalue weighted by Crippen LogP contribution is 2.34. The summed E-state index contributed by atoms with van der Waals surface area (Å²) in [5, 5.41) is 12.4. The monoisotopic (exact) mass is 165 g/mol. The van der Waals surface area contributed by atoms with Crippen LogP contribution in [0.25, 0.3) is 0 Å². The van der Waals surface area contributed by atoms with E-state index in [9.17, 15) is 9.90 Å². The predicted octanol–water partition coefficient (Wildman–Crippen LogP) is 0.327. The fourth-order valence-corrected chi connectivity index (χ4v) is 1.71. The summed E-state index contributed by atoms with van der Waals surface area (Å²) in [6.07, 6.45) is 6.43. The van der Waals surface area contributed by atoms with Crippen molar-refractivity contribution in [2.45, 2.75) is 18.9 Å². The van der Waals surface area contributed by atoms with Gasteiger partial charge in [0.05, 0.1) is 0 Å². The average molecular weight is 165 g/mol. The lowest BCUT2D eigenvalue weighted by molar-refractivity contribution is -0.136. The number of fused-ring (bicyclic) bond motifs is 1. The Hall–Kier alpha value is -1.09. The van der Waals surface area contributed by atoms with E-state index in [-0.39, 0.29) is 11.8 Å². The van der Waals surface area contributed by atoms with Gasteiger partial charge in [0, 0.05) is 11.6 Å². The molecule has 12 heavy (non-hydrogen) atoms. The van der Waals surface area contributed by atoms with Crippen LogP contribution < -0.4 is 5.32 Å². The summed E-state index contributed by atoms with van der Waals surface area (Å²) in [6, 6.07) is 0. The average Bonchev–Trinajstić information content (AvgIpc) is 2.25. The smallest absolute Gasteiger partial charge is 0.256 e. The third-order valence-electron chi connectivity index (χ3n) is 2.56. The topological polar surface area (TPSA) is 49.3 Å². The number of nitrogens with one attached hydrogen (secondary N) is 1. The maximum absolute atomic E-state index is 11.2. The lowest BCUT2D eigenvalue weighted by Crippen LogP contribution is -2.38. The van der Waals surface area contributed by atoms with Gasteiger partial charge in [0.15, 0.2) is 0 Å². The molecule has 3 nitrogen and oxygen atoms in total. The minimum Gasteiger partial charge on any atom is -0.380 e. The summed E-state index contributed by atoms with van der Waals surface area (Å²) in [6.45, 7) is 1.56. The summed E-state index contributed by atoms with van der Waals surface area (Å²) in [5.41, 5.74) is -0.385. The second kappa shape index (κ2) is 2.20. The molecule has 1 amide bonds. The van der Waals surface area contributed by atoms with Crippen molar-refractivity contribution in [3.63, 3.8) is 0 Å². The normalized spacial score (nSPS) is 39.0. The molecule has 64 valence electrons. The zero-order valence-electron chi connectivity index (χ0n) is 6.87. The molecular weight excluding hydrogens is 154 g/mol. The Labute approximate surface area is 70.8 Å². The lowest BCUT2D eigenvalue weighted by atomic mass is 9.85. The third kappa shape index (κ3) is 0.830. The quantitative estimate of drug-likeness (QED) is 0.543. The van der Waals surface area contributed by atoms with Crippen LogP contribution in [0.15, 0.2) is 23.9 Å². The Kier molecular flexibility index (Phi) is 1.38. The third-order valence-corrected chi connectivity index (χ3v) is 2.56. The maximum Gasteiger partial charge on any atom is 0.256 e. The predicted molar refractivity (Wildman–Crippen MR) is 44.1 cm³/mol. The highest BCUT2D eigenvalue weighted by Gasteiger charge is 2.47. The zero-order valence-corrected chi connectivity index (χ0v) is 6.87. The molecule has 3 heteroatoms. The van der Waals surface area contributed by atoms with Gasteiger partial charge in [-0.05, 0) is 19.4 Å². The van der Waals surface area contributed by atoms with Crippen LogP contribution in [0.2, 0.25) is 0 Å². The first kappa shape index (κ1) is 7.55. The van der Waals surface area contributed by atoms with Gasteiger partial charge < -0.3 is 10.4 Å². The van der Waals surface area contributed by atoms with Crippen LogP contribution in [0.4, 0.5) is 0 Å². The molecule has 2 unspecified atom stereocenters. The van der Waals surface area contributed by atoms with E-state index >= 15 is 0 Å². The van der Waals surface area contributed by atoms with Crippen LogP contribution in [-0.4, -0.2) is 16.6 Å². The number of rotatable bonds is 0. The van der Waals surface area contributed by atoms with Crippen LogP contribution in [0.1, 0.15) is 13.3 Å². The lowest BCUT2D eigenvalue weighted by Gasteiger charge is -2.22. The summed E-state index contributed by atoms with van der Waals surface area (Å²) in [4.78, 5) is 11.2. The van der Waals surface area contributed by atoms with Gasteiger partial charge >= 0.3 is 0 Å². The van der Waals surface area contributed by atoms with Crippen LogP contribution in [0.5, 0.6) is 0 Å². The van der Waals surface area contributed by atoms with Crippen LogP contribution in [-0.2, 0) is 4.79 Å². The Morgan fingerprint density at radius 1 is 1.75 bits per heavy atom. The van der Waals surface area contributed by atoms with Gasteiger partial charge in [0.2, 0.25) is 0 Å². The first-order chi connectivity index (χ1) is 5.62. The maximum atomic E-state index is 11.2. The first-order valence-electron chi connectivity index (χ1n) is 4.03. The van der Waals surface area contributed by atoms with E-state index in [0.717, 1.165) is 12.1 Å². The number of aliphatic hydroxyl groups is 1. The molecule has 2 aliphatic rings. The Balaban J connectivity index is 2.39. The van der Waals surface area contributed by atoms with Crippen molar-refractivity contribution in [2.24, 2.45) is 5.92 Å². The molecule has 2 rings (SSSR count). The van der Waals surface area contributed by atoms with Crippen LogP contribution in [0, 0.1) is 5.92 Å². The molecule has 1 aliphatic heterocycles. The zero-order chi connectivity index (χ0) is 8.77. The number of amides is 1.